The van der Waals surface area contributed by atoms with Gasteiger partial charge in [0.15, 0.2) is 11.5 Å². The number of hydrazone groups is 1. The molecule has 13 heteroatoms. The molecule has 2 fully saturated rings. The molecule has 0 aliphatic carbocycles. The molecule has 0 bridgehead atoms. The summed E-state index contributed by atoms with van der Waals surface area (Å²) in [7, 11) is 1.59. The number of hydrogen-bond acceptors (Lipinski definition) is 11. The Balaban J connectivity index is 1.28. The number of nitrogens with one attached hydrogen (secondary N) is 1. The summed E-state index contributed by atoms with van der Waals surface area (Å²) in [4.78, 5) is 18.1. The van der Waals surface area contributed by atoms with Crippen LogP contribution in [0.2, 0.25) is 10.0 Å². The van der Waals surface area contributed by atoms with E-state index in [-0.39, 0.29) is 6.61 Å². The van der Waals surface area contributed by atoms with E-state index in [0.29, 0.717) is 92.0 Å². The predicted octanol–water partition coefficient (Wildman–Crippen LogP) is 3.89. The quantitative estimate of drug-likeness (QED) is 0.299. The molecule has 3 heterocycles. The molecule has 2 saturated heterocycles. The van der Waals surface area contributed by atoms with Gasteiger partial charge in [0.25, 0.3) is 0 Å². The van der Waals surface area contributed by atoms with Crippen LogP contribution in [-0.4, -0.2) is 80.9 Å². The van der Waals surface area contributed by atoms with E-state index >= 15 is 0 Å². The molecule has 0 saturated carbocycles. The lowest BCUT2D eigenvalue weighted by Crippen LogP contribution is -2.40. The Morgan fingerprint density at radius 1 is 0.897 bits per heavy atom. The normalized spacial score (nSPS) is 16.0. The van der Waals surface area contributed by atoms with E-state index in [4.69, 9.17) is 47.1 Å². The van der Waals surface area contributed by atoms with Crippen molar-refractivity contribution in [3.05, 3.63) is 57.6 Å². The van der Waals surface area contributed by atoms with E-state index in [1.54, 1.807) is 25.5 Å². The number of ether oxygens (including phenoxy) is 4. The van der Waals surface area contributed by atoms with E-state index in [0.717, 1.165) is 11.1 Å². The Morgan fingerprint density at radius 3 is 2.18 bits per heavy atom. The molecule has 1 aromatic heterocycles. The van der Waals surface area contributed by atoms with Gasteiger partial charge in [0.1, 0.15) is 6.61 Å². The number of hydrogen-bond donors (Lipinski definition) is 1. The van der Waals surface area contributed by atoms with Crippen LogP contribution in [0.3, 0.4) is 0 Å². The minimum Gasteiger partial charge on any atom is -0.493 e. The van der Waals surface area contributed by atoms with E-state index < -0.39 is 0 Å². The third-order valence-corrected chi connectivity index (χ3v) is 6.75. The second-order valence-corrected chi connectivity index (χ2v) is 9.61. The fourth-order valence-electron chi connectivity index (χ4n) is 4.06. The Labute approximate surface area is 236 Å². The molecular formula is C26H29Cl2N7O4. The van der Waals surface area contributed by atoms with Crippen LogP contribution in [0, 0.1) is 0 Å². The average Bonchev–Trinajstić information content (AvgIpc) is 2.98. The van der Waals surface area contributed by atoms with E-state index in [1.165, 1.54) is 0 Å². The number of benzene rings is 2. The zero-order valence-corrected chi connectivity index (χ0v) is 23.0. The molecule has 2 aliphatic heterocycles. The van der Waals surface area contributed by atoms with Crippen molar-refractivity contribution in [3.8, 4) is 11.5 Å². The van der Waals surface area contributed by atoms with Gasteiger partial charge in [-0.25, -0.2) is 5.43 Å². The standard InChI is InChI=1S/C26H29Cl2N7O4/c1-36-23-14-18(2-5-22(23)39-17-19-3-4-20(27)15-21(19)28)16-29-33-24-30-25(34-6-10-37-11-7-34)32-26(31-24)35-8-12-38-13-9-35/h2-5,14-16H,6-13,17H2,1H3,(H,30,31,32,33)/b29-16-. The van der Waals surface area contributed by atoms with Crippen molar-refractivity contribution in [3.63, 3.8) is 0 Å². The number of aromatic nitrogens is 3. The minimum absolute atomic E-state index is 0.275. The highest BCUT2D eigenvalue weighted by Crippen LogP contribution is 2.30. The number of methoxy groups -OCH3 is 1. The lowest BCUT2D eigenvalue weighted by Gasteiger charge is -2.30. The molecule has 1 N–H and O–H groups in total. The summed E-state index contributed by atoms with van der Waals surface area (Å²) in [6, 6.07) is 10.8. The first-order valence-corrected chi connectivity index (χ1v) is 13.3. The minimum atomic E-state index is 0.275. The summed E-state index contributed by atoms with van der Waals surface area (Å²) in [6.45, 7) is 5.67. The van der Waals surface area contributed by atoms with Gasteiger partial charge in [-0.2, -0.15) is 20.1 Å². The Morgan fingerprint density at radius 2 is 1.56 bits per heavy atom. The molecule has 11 nitrogen and oxygen atoms in total. The van der Waals surface area contributed by atoms with Gasteiger partial charge >= 0.3 is 0 Å². The van der Waals surface area contributed by atoms with Crippen LogP contribution in [0.4, 0.5) is 17.8 Å². The lowest BCUT2D eigenvalue weighted by atomic mass is 10.2. The van der Waals surface area contributed by atoms with Crippen LogP contribution >= 0.6 is 23.2 Å². The van der Waals surface area contributed by atoms with Gasteiger partial charge in [0.05, 0.1) is 39.8 Å². The van der Waals surface area contributed by atoms with Crippen molar-refractivity contribution in [2.75, 3.05) is 74.9 Å². The highest BCUT2D eigenvalue weighted by atomic mass is 35.5. The molecule has 0 unspecified atom stereocenters. The number of halogens is 2. The monoisotopic (exact) mass is 573 g/mol. The molecule has 5 rings (SSSR count). The van der Waals surface area contributed by atoms with Gasteiger partial charge in [0.2, 0.25) is 17.8 Å². The van der Waals surface area contributed by atoms with Crippen molar-refractivity contribution in [2.45, 2.75) is 6.61 Å². The maximum Gasteiger partial charge on any atom is 0.250 e. The molecule has 2 aliphatic rings. The van der Waals surface area contributed by atoms with E-state index in [9.17, 15) is 0 Å². The van der Waals surface area contributed by atoms with Crippen LogP contribution in [0.25, 0.3) is 0 Å². The number of anilines is 3. The van der Waals surface area contributed by atoms with Crippen molar-refractivity contribution in [2.24, 2.45) is 5.10 Å². The van der Waals surface area contributed by atoms with Crippen LogP contribution in [0.15, 0.2) is 41.5 Å². The summed E-state index contributed by atoms with van der Waals surface area (Å²) in [5.41, 5.74) is 4.58. The molecule has 206 valence electrons. The smallest absolute Gasteiger partial charge is 0.250 e. The summed E-state index contributed by atoms with van der Waals surface area (Å²) in [5.74, 6) is 2.69. The molecule has 0 amide bonds. The Hall–Kier alpha value is -3.38. The zero-order chi connectivity index (χ0) is 27.0. The third kappa shape index (κ3) is 7.18. The van der Waals surface area contributed by atoms with Crippen molar-refractivity contribution >= 4 is 47.3 Å². The summed E-state index contributed by atoms with van der Waals surface area (Å²) < 4.78 is 22.4. The van der Waals surface area contributed by atoms with Crippen LogP contribution in [0.1, 0.15) is 11.1 Å². The van der Waals surface area contributed by atoms with Gasteiger partial charge in [0, 0.05) is 41.8 Å². The van der Waals surface area contributed by atoms with E-state index in [1.807, 2.05) is 24.3 Å². The maximum absolute atomic E-state index is 6.26. The molecule has 2 aromatic carbocycles. The van der Waals surface area contributed by atoms with Gasteiger partial charge in [-0.1, -0.05) is 29.3 Å². The van der Waals surface area contributed by atoms with E-state index in [2.05, 4.69) is 30.3 Å². The van der Waals surface area contributed by atoms with Gasteiger partial charge in [-0.05, 0) is 35.9 Å². The molecule has 3 aromatic rings. The summed E-state index contributed by atoms with van der Waals surface area (Å²) in [6.07, 6.45) is 1.66. The fourth-order valence-corrected chi connectivity index (χ4v) is 4.52. The molecule has 39 heavy (non-hydrogen) atoms. The lowest BCUT2D eigenvalue weighted by molar-refractivity contribution is 0.121. The van der Waals surface area contributed by atoms with Gasteiger partial charge in [-0.15, -0.1) is 0 Å². The van der Waals surface area contributed by atoms with Crippen LogP contribution in [-0.2, 0) is 16.1 Å². The number of rotatable bonds is 9. The highest BCUT2D eigenvalue weighted by Gasteiger charge is 2.20. The first-order valence-electron chi connectivity index (χ1n) is 12.5. The zero-order valence-electron chi connectivity index (χ0n) is 21.5. The second kappa shape index (κ2) is 13.1. The second-order valence-electron chi connectivity index (χ2n) is 8.76. The van der Waals surface area contributed by atoms with Crippen LogP contribution < -0.4 is 24.7 Å². The molecule has 0 radical (unpaired) electrons. The molecular weight excluding hydrogens is 545 g/mol. The highest BCUT2D eigenvalue weighted by molar-refractivity contribution is 6.35. The SMILES string of the molecule is COc1cc(/C=N\Nc2nc(N3CCOCC3)nc(N3CCOCC3)n2)ccc1OCc1ccc(Cl)cc1Cl. The first-order chi connectivity index (χ1) is 19.1. The molecule has 0 atom stereocenters. The Bertz CT molecular complexity index is 1270. The number of nitrogens with zero attached hydrogens (tertiary/aromatic N) is 6. The topological polar surface area (TPSA) is 106 Å². The molecule has 0 spiro atoms. The number of morpholine rings is 2. The average molecular weight is 574 g/mol. The Kier molecular flexibility index (Phi) is 9.15. The van der Waals surface area contributed by atoms with Gasteiger partial charge < -0.3 is 28.7 Å². The largest absolute Gasteiger partial charge is 0.493 e. The van der Waals surface area contributed by atoms with Crippen molar-refractivity contribution in [1.82, 2.24) is 15.0 Å². The van der Waals surface area contributed by atoms with Crippen molar-refractivity contribution < 1.29 is 18.9 Å². The summed E-state index contributed by atoms with van der Waals surface area (Å²) in [5, 5.41) is 5.48. The summed E-state index contributed by atoms with van der Waals surface area (Å²) >= 11 is 12.2. The van der Waals surface area contributed by atoms with Crippen LogP contribution in [0.5, 0.6) is 11.5 Å². The third-order valence-electron chi connectivity index (χ3n) is 6.16. The maximum atomic E-state index is 6.26. The van der Waals surface area contributed by atoms with Crippen molar-refractivity contribution in [1.29, 1.82) is 0 Å². The van der Waals surface area contributed by atoms with Gasteiger partial charge in [-0.3, -0.25) is 0 Å². The first kappa shape index (κ1) is 27.2. The fraction of sp³-hybridized carbons (Fsp3) is 0.385. The predicted molar refractivity (Wildman–Crippen MR) is 151 cm³/mol.